The van der Waals surface area contributed by atoms with E-state index in [1.807, 2.05) is 0 Å². The SMILES string of the molecule is C=C/C=C/CC(C(=O)O)C(=O)O. The summed E-state index contributed by atoms with van der Waals surface area (Å²) in [5.41, 5.74) is 0. The summed E-state index contributed by atoms with van der Waals surface area (Å²) in [5.74, 6) is -4.01. The Hall–Kier alpha value is -1.58. The molecular weight excluding hydrogens is 160 g/mol. The number of aliphatic carboxylic acids is 2. The summed E-state index contributed by atoms with van der Waals surface area (Å²) < 4.78 is 0. The van der Waals surface area contributed by atoms with Crippen molar-refractivity contribution >= 4 is 11.9 Å². The zero-order chi connectivity index (χ0) is 9.56. The summed E-state index contributed by atoms with van der Waals surface area (Å²) in [6.45, 7) is 3.37. The first-order chi connectivity index (χ1) is 5.59. The molecule has 0 aliphatic rings. The van der Waals surface area contributed by atoms with E-state index < -0.39 is 17.9 Å². The minimum atomic E-state index is -1.36. The van der Waals surface area contributed by atoms with E-state index in [2.05, 4.69) is 6.58 Å². The molecule has 2 N–H and O–H groups in total. The molecule has 0 unspecified atom stereocenters. The number of rotatable bonds is 5. The minimum Gasteiger partial charge on any atom is -0.481 e. The lowest BCUT2D eigenvalue weighted by Crippen LogP contribution is -2.22. The van der Waals surface area contributed by atoms with E-state index in [1.165, 1.54) is 18.2 Å². The third-order valence-corrected chi connectivity index (χ3v) is 1.24. The maximum atomic E-state index is 10.3. The fourth-order valence-corrected chi connectivity index (χ4v) is 0.618. The van der Waals surface area contributed by atoms with Crippen molar-refractivity contribution in [3.05, 3.63) is 24.8 Å². The second kappa shape index (κ2) is 5.12. The number of allylic oxidation sites excluding steroid dienone is 3. The highest BCUT2D eigenvalue weighted by molar-refractivity contribution is 5.92. The van der Waals surface area contributed by atoms with Gasteiger partial charge in [-0.25, -0.2) is 0 Å². The van der Waals surface area contributed by atoms with Crippen molar-refractivity contribution in [2.24, 2.45) is 5.92 Å². The standard InChI is InChI=1S/C8H10O4/c1-2-3-4-5-6(7(9)10)8(11)12/h2-4,6H,1,5H2,(H,9,10)(H,11,12)/b4-3+. The topological polar surface area (TPSA) is 74.6 Å². The van der Waals surface area contributed by atoms with Crippen LogP contribution in [0.3, 0.4) is 0 Å². The molecule has 0 saturated carbocycles. The van der Waals surface area contributed by atoms with Crippen LogP contribution in [0.15, 0.2) is 24.8 Å². The molecular formula is C8H10O4. The first-order valence-electron chi connectivity index (χ1n) is 3.32. The second-order valence-electron chi connectivity index (χ2n) is 2.13. The monoisotopic (exact) mass is 170 g/mol. The van der Waals surface area contributed by atoms with Gasteiger partial charge in [-0.15, -0.1) is 0 Å². The Morgan fingerprint density at radius 1 is 1.33 bits per heavy atom. The number of hydrogen-bond acceptors (Lipinski definition) is 2. The average Bonchev–Trinajstić information content (AvgIpc) is 1.96. The van der Waals surface area contributed by atoms with Crippen LogP contribution in [0.25, 0.3) is 0 Å². The molecule has 0 saturated heterocycles. The van der Waals surface area contributed by atoms with Crippen molar-refractivity contribution in [3.63, 3.8) is 0 Å². The van der Waals surface area contributed by atoms with Gasteiger partial charge >= 0.3 is 11.9 Å². The zero-order valence-corrected chi connectivity index (χ0v) is 6.43. The van der Waals surface area contributed by atoms with E-state index >= 15 is 0 Å². The van der Waals surface area contributed by atoms with Gasteiger partial charge in [0, 0.05) is 0 Å². The van der Waals surface area contributed by atoms with Crippen LogP contribution in [0.5, 0.6) is 0 Å². The Morgan fingerprint density at radius 3 is 2.17 bits per heavy atom. The quantitative estimate of drug-likeness (QED) is 0.475. The van der Waals surface area contributed by atoms with Gasteiger partial charge in [-0.05, 0) is 6.42 Å². The highest BCUT2D eigenvalue weighted by atomic mass is 16.4. The molecule has 0 amide bonds. The van der Waals surface area contributed by atoms with E-state index in [9.17, 15) is 9.59 Å². The summed E-state index contributed by atoms with van der Waals surface area (Å²) in [6, 6.07) is 0. The minimum absolute atomic E-state index is 0.0172. The summed E-state index contributed by atoms with van der Waals surface area (Å²) >= 11 is 0. The van der Waals surface area contributed by atoms with Crippen molar-refractivity contribution in [2.45, 2.75) is 6.42 Å². The van der Waals surface area contributed by atoms with Crippen molar-refractivity contribution in [2.75, 3.05) is 0 Å². The molecule has 0 heterocycles. The predicted octanol–water partition coefficient (Wildman–Crippen LogP) is 0.904. The Bertz CT molecular complexity index is 203. The van der Waals surface area contributed by atoms with Gasteiger partial charge in [-0.2, -0.15) is 0 Å². The van der Waals surface area contributed by atoms with Crippen molar-refractivity contribution < 1.29 is 19.8 Å². The van der Waals surface area contributed by atoms with E-state index in [-0.39, 0.29) is 6.42 Å². The maximum absolute atomic E-state index is 10.3. The van der Waals surface area contributed by atoms with Crippen LogP contribution < -0.4 is 0 Å². The fourth-order valence-electron chi connectivity index (χ4n) is 0.618. The van der Waals surface area contributed by atoms with Crippen LogP contribution >= 0.6 is 0 Å². The van der Waals surface area contributed by atoms with Crippen molar-refractivity contribution in [1.29, 1.82) is 0 Å². The van der Waals surface area contributed by atoms with Crippen molar-refractivity contribution in [3.8, 4) is 0 Å². The molecule has 66 valence electrons. The summed E-state index contributed by atoms with van der Waals surface area (Å²) in [6.07, 6.45) is 4.41. The largest absolute Gasteiger partial charge is 0.481 e. The molecule has 0 rings (SSSR count). The highest BCUT2D eigenvalue weighted by Gasteiger charge is 2.23. The summed E-state index contributed by atoms with van der Waals surface area (Å²) in [4.78, 5) is 20.6. The molecule has 0 spiro atoms. The van der Waals surface area contributed by atoms with E-state index in [4.69, 9.17) is 10.2 Å². The smallest absolute Gasteiger partial charge is 0.318 e. The number of hydrogen-bond donors (Lipinski definition) is 2. The first-order valence-corrected chi connectivity index (χ1v) is 3.32. The van der Waals surface area contributed by atoms with Gasteiger partial charge in [0.25, 0.3) is 0 Å². The fraction of sp³-hybridized carbons (Fsp3) is 0.250. The second-order valence-corrected chi connectivity index (χ2v) is 2.13. The number of carbonyl (C=O) groups is 2. The number of carboxylic acids is 2. The van der Waals surface area contributed by atoms with Crippen LogP contribution in [0.4, 0.5) is 0 Å². The van der Waals surface area contributed by atoms with Crippen LogP contribution in [0.2, 0.25) is 0 Å². The number of carboxylic acid groups (broad SMARTS) is 2. The molecule has 0 aromatic heterocycles. The van der Waals surface area contributed by atoms with E-state index in [0.717, 1.165) is 0 Å². The van der Waals surface area contributed by atoms with Crippen molar-refractivity contribution in [1.82, 2.24) is 0 Å². The van der Waals surface area contributed by atoms with Crippen LogP contribution in [-0.2, 0) is 9.59 Å². The van der Waals surface area contributed by atoms with Crippen LogP contribution in [0.1, 0.15) is 6.42 Å². The maximum Gasteiger partial charge on any atom is 0.318 e. The zero-order valence-electron chi connectivity index (χ0n) is 6.43. The van der Waals surface area contributed by atoms with E-state index in [0.29, 0.717) is 0 Å². The molecule has 4 heteroatoms. The Balaban J connectivity index is 4.14. The van der Waals surface area contributed by atoms with Gasteiger partial charge in [0.1, 0.15) is 0 Å². The van der Waals surface area contributed by atoms with Gasteiger partial charge in [0.2, 0.25) is 0 Å². The molecule has 0 aromatic rings. The summed E-state index contributed by atoms with van der Waals surface area (Å²) in [5, 5.41) is 16.8. The molecule has 4 nitrogen and oxygen atoms in total. The Kier molecular flexibility index (Phi) is 4.45. The lowest BCUT2D eigenvalue weighted by Gasteiger charge is -2.01. The predicted molar refractivity (Wildman–Crippen MR) is 42.7 cm³/mol. The first kappa shape index (κ1) is 10.4. The molecule has 12 heavy (non-hydrogen) atoms. The lowest BCUT2D eigenvalue weighted by atomic mass is 10.1. The Morgan fingerprint density at radius 2 is 1.83 bits per heavy atom. The van der Waals surface area contributed by atoms with Crippen LogP contribution in [-0.4, -0.2) is 22.2 Å². The van der Waals surface area contributed by atoms with Crippen LogP contribution in [0, 0.1) is 5.92 Å². The van der Waals surface area contributed by atoms with Gasteiger partial charge in [0.05, 0.1) is 0 Å². The third kappa shape index (κ3) is 3.55. The van der Waals surface area contributed by atoms with Gasteiger partial charge in [0.15, 0.2) is 5.92 Å². The molecule has 0 atom stereocenters. The van der Waals surface area contributed by atoms with E-state index in [1.54, 1.807) is 0 Å². The summed E-state index contributed by atoms with van der Waals surface area (Å²) in [7, 11) is 0. The molecule has 0 aliphatic carbocycles. The highest BCUT2D eigenvalue weighted by Crippen LogP contribution is 2.04. The molecule has 0 aromatic carbocycles. The lowest BCUT2D eigenvalue weighted by molar-refractivity contribution is -0.154. The molecule has 0 bridgehead atoms. The third-order valence-electron chi connectivity index (χ3n) is 1.24. The average molecular weight is 170 g/mol. The van der Waals surface area contributed by atoms with Gasteiger partial charge < -0.3 is 10.2 Å². The van der Waals surface area contributed by atoms with Gasteiger partial charge in [-0.1, -0.05) is 24.8 Å². The molecule has 0 aliphatic heterocycles. The Labute approximate surface area is 69.8 Å². The molecule has 0 radical (unpaired) electrons. The molecule has 0 fully saturated rings. The normalized spacial score (nSPS) is 10.4. The van der Waals surface area contributed by atoms with Gasteiger partial charge in [-0.3, -0.25) is 9.59 Å².